The molecule has 0 saturated carbocycles. The molecular weight excluding hydrogens is 356 g/mol. The Kier molecular flexibility index (Phi) is 4.91. The lowest BCUT2D eigenvalue weighted by Crippen LogP contribution is -2.06. The van der Waals surface area contributed by atoms with Crippen LogP contribution in [0.1, 0.15) is 21.5 Å². The molecule has 0 aliphatic carbocycles. The molecule has 0 aliphatic rings. The first kappa shape index (κ1) is 15.9. The number of ketones is 1. The van der Waals surface area contributed by atoms with Gasteiger partial charge in [-0.05, 0) is 31.2 Å². The molecule has 0 atom stereocenters. The average Bonchev–Trinajstić information content (AvgIpc) is 2.48. The highest BCUT2D eigenvalue weighted by Gasteiger charge is 2.21. The highest BCUT2D eigenvalue weighted by Crippen LogP contribution is 2.38. The summed E-state index contributed by atoms with van der Waals surface area (Å²) in [5.41, 5.74) is 1.96. The van der Waals surface area contributed by atoms with Crippen molar-refractivity contribution in [3.63, 3.8) is 0 Å². The van der Waals surface area contributed by atoms with E-state index in [1.54, 1.807) is 12.1 Å². The van der Waals surface area contributed by atoms with Crippen LogP contribution in [-0.2, 0) is 0 Å². The SMILES string of the molecule is COc1ccc(C(=O)c2cc(C)ccc2Br)c(OC)c1Cl. The minimum atomic E-state index is -0.160. The van der Waals surface area contributed by atoms with Gasteiger partial charge in [-0.3, -0.25) is 4.79 Å². The Labute approximate surface area is 137 Å². The van der Waals surface area contributed by atoms with Gasteiger partial charge in [-0.2, -0.15) is 0 Å². The average molecular weight is 370 g/mol. The third-order valence-corrected chi connectivity index (χ3v) is 4.15. The van der Waals surface area contributed by atoms with Crippen LogP contribution in [0.3, 0.4) is 0 Å². The topological polar surface area (TPSA) is 35.5 Å². The molecule has 2 aromatic rings. The van der Waals surface area contributed by atoms with Gasteiger partial charge < -0.3 is 9.47 Å². The van der Waals surface area contributed by atoms with Crippen molar-refractivity contribution in [2.75, 3.05) is 14.2 Å². The van der Waals surface area contributed by atoms with Crippen molar-refractivity contribution in [2.45, 2.75) is 6.92 Å². The molecule has 2 rings (SSSR count). The van der Waals surface area contributed by atoms with E-state index >= 15 is 0 Å². The molecule has 0 aromatic heterocycles. The molecule has 0 heterocycles. The fourth-order valence-corrected chi connectivity index (χ4v) is 2.78. The summed E-state index contributed by atoms with van der Waals surface area (Å²) in [7, 11) is 2.99. The van der Waals surface area contributed by atoms with E-state index < -0.39 is 0 Å². The van der Waals surface area contributed by atoms with Crippen molar-refractivity contribution in [2.24, 2.45) is 0 Å². The molecule has 0 aliphatic heterocycles. The van der Waals surface area contributed by atoms with Gasteiger partial charge in [0.1, 0.15) is 10.8 Å². The zero-order valence-electron chi connectivity index (χ0n) is 11.9. The maximum absolute atomic E-state index is 12.7. The van der Waals surface area contributed by atoms with Crippen LogP contribution in [-0.4, -0.2) is 20.0 Å². The van der Waals surface area contributed by atoms with Crippen molar-refractivity contribution in [1.82, 2.24) is 0 Å². The maximum atomic E-state index is 12.7. The number of aryl methyl sites for hydroxylation is 1. The zero-order chi connectivity index (χ0) is 15.6. The Morgan fingerprint density at radius 2 is 1.81 bits per heavy atom. The summed E-state index contributed by atoms with van der Waals surface area (Å²) in [6.07, 6.45) is 0. The second kappa shape index (κ2) is 6.50. The molecule has 0 N–H and O–H groups in total. The van der Waals surface area contributed by atoms with Gasteiger partial charge >= 0.3 is 0 Å². The lowest BCUT2D eigenvalue weighted by Gasteiger charge is -2.13. The van der Waals surface area contributed by atoms with Gasteiger partial charge in [0, 0.05) is 10.0 Å². The van der Waals surface area contributed by atoms with E-state index in [0.717, 1.165) is 10.0 Å². The Balaban J connectivity index is 2.58. The van der Waals surface area contributed by atoms with Gasteiger partial charge in [-0.25, -0.2) is 0 Å². The molecule has 0 spiro atoms. The van der Waals surface area contributed by atoms with Gasteiger partial charge in [0.05, 0.1) is 19.8 Å². The summed E-state index contributed by atoms with van der Waals surface area (Å²) in [5.74, 6) is 0.620. The first-order valence-corrected chi connectivity index (χ1v) is 7.38. The summed E-state index contributed by atoms with van der Waals surface area (Å²) < 4.78 is 11.2. The van der Waals surface area contributed by atoms with Crippen LogP contribution >= 0.6 is 27.5 Å². The number of hydrogen-bond acceptors (Lipinski definition) is 3. The molecule has 21 heavy (non-hydrogen) atoms. The minimum absolute atomic E-state index is 0.160. The standard InChI is InChI=1S/C16H14BrClO3/c1-9-4-6-12(17)11(8-9)15(19)10-5-7-13(20-2)14(18)16(10)21-3/h4-8H,1-3H3. The molecular formula is C16H14BrClO3. The van der Waals surface area contributed by atoms with Crippen LogP contribution in [0.4, 0.5) is 0 Å². The maximum Gasteiger partial charge on any atom is 0.197 e. The molecule has 3 nitrogen and oxygen atoms in total. The van der Waals surface area contributed by atoms with Crippen molar-refractivity contribution in [3.05, 3.63) is 56.5 Å². The second-order valence-corrected chi connectivity index (χ2v) is 5.71. The first-order chi connectivity index (χ1) is 9.99. The van der Waals surface area contributed by atoms with E-state index in [1.165, 1.54) is 14.2 Å². The summed E-state index contributed by atoms with van der Waals surface area (Å²) in [6, 6.07) is 8.91. The van der Waals surface area contributed by atoms with Crippen LogP contribution in [0, 0.1) is 6.92 Å². The number of carbonyl (C=O) groups is 1. The van der Waals surface area contributed by atoms with Crippen LogP contribution in [0.15, 0.2) is 34.8 Å². The predicted octanol–water partition coefficient (Wildman–Crippen LogP) is 4.66. The smallest absolute Gasteiger partial charge is 0.197 e. The van der Waals surface area contributed by atoms with Gasteiger partial charge in [-0.15, -0.1) is 0 Å². The summed E-state index contributed by atoms with van der Waals surface area (Å²) in [4.78, 5) is 12.7. The molecule has 0 amide bonds. The molecule has 0 fully saturated rings. The van der Waals surface area contributed by atoms with Gasteiger partial charge in [0.2, 0.25) is 0 Å². The van der Waals surface area contributed by atoms with Gasteiger partial charge in [0.15, 0.2) is 11.5 Å². The summed E-state index contributed by atoms with van der Waals surface area (Å²) >= 11 is 9.61. The molecule has 110 valence electrons. The molecule has 5 heteroatoms. The molecule has 0 saturated heterocycles. The van der Waals surface area contributed by atoms with Gasteiger partial charge in [-0.1, -0.05) is 39.2 Å². The molecule has 0 bridgehead atoms. The van der Waals surface area contributed by atoms with Gasteiger partial charge in [0.25, 0.3) is 0 Å². The largest absolute Gasteiger partial charge is 0.495 e. The number of carbonyl (C=O) groups excluding carboxylic acids is 1. The fraction of sp³-hybridized carbons (Fsp3) is 0.188. The lowest BCUT2D eigenvalue weighted by atomic mass is 10.0. The molecule has 0 unspecified atom stereocenters. The highest BCUT2D eigenvalue weighted by molar-refractivity contribution is 9.10. The highest BCUT2D eigenvalue weighted by atomic mass is 79.9. The number of ether oxygens (including phenoxy) is 2. The van der Waals surface area contributed by atoms with Crippen molar-refractivity contribution >= 4 is 33.3 Å². The number of rotatable bonds is 4. The van der Waals surface area contributed by atoms with Crippen LogP contribution < -0.4 is 9.47 Å². The Morgan fingerprint density at radius 1 is 1.10 bits per heavy atom. The number of halogens is 2. The Bertz CT molecular complexity index is 698. The molecule has 0 radical (unpaired) electrons. The van der Waals surface area contributed by atoms with E-state index in [1.807, 2.05) is 25.1 Å². The third kappa shape index (κ3) is 3.06. The van der Waals surface area contributed by atoms with Crippen LogP contribution in [0.2, 0.25) is 5.02 Å². The quantitative estimate of drug-likeness (QED) is 0.735. The third-order valence-electron chi connectivity index (χ3n) is 3.10. The number of methoxy groups -OCH3 is 2. The predicted molar refractivity (Wildman–Crippen MR) is 86.9 cm³/mol. The van der Waals surface area contributed by atoms with Crippen molar-refractivity contribution in [1.29, 1.82) is 0 Å². The van der Waals surface area contributed by atoms with E-state index in [0.29, 0.717) is 22.6 Å². The normalized spacial score (nSPS) is 10.3. The lowest BCUT2D eigenvalue weighted by molar-refractivity contribution is 0.103. The van der Waals surface area contributed by atoms with Crippen LogP contribution in [0.25, 0.3) is 0 Å². The Morgan fingerprint density at radius 3 is 2.43 bits per heavy atom. The van der Waals surface area contributed by atoms with E-state index in [9.17, 15) is 4.79 Å². The minimum Gasteiger partial charge on any atom is -0.495 e. The van der Waals surface area contributed by atoms with E-state index in [-0.39, 0.29) is 10.8 Å². The number of hydrogen-bond donors (Lipinski definition) is 0. The summed E-state index contributed by atoms with van der Waals surface area (Å²) in [5, 5.41) is 0.287. The molecule has 2 aromatic carbocycles. The van der Waals surface area contributed by atoms with Crippen molar-refractivity contribution < 1.29 is 14.3 Å². The van der Waals surface area contributed by atoms with Crippen molar-refractivity contribution in [3.8, 4) is 11.5 Å². The summed E-state index contributed by atoms with van der Waals surface area (Å²) in [6.45, 7) is 1.93. The Hall–Kier alpha value is -1.52. The first-order valence-electron chi connectivity index (χ1n) is 6.21. The number of benzene rings is 2. The second-order valence-electron chi connectivity index (χ2n) is 4.48. The van der Waals surface area contributed by atoms with E-state index in [4.69, 9.17) is 21.1 Å². The zero-order valence-corrected chi connectivity index (χ0v) is 14.2. The van der Waals surface area contributed by atoms with E-state index in [2.05, 4.69) is 15.9 Å². The monoisotopic (exact) mass is 368 g/mol. The fourth-order valence-electron chi connectivity index (χ4n) is 2.03. The van der Waals surface area contributed by atoms with Crippen LogP contribution in [0.5, 0.6) is 11.5 Å².